The molecule has 1 fully saturated rings. The molecule has 1 aromatic carbocycles. The summed E-state index contributed by atoms with van der Waals surface area (Å²) in [5.74, 6) is -0.0857. The summed E-state index contributed by atoms with van der Waals surface area (Å²) in [7, 11) is 0. The number of hydrogen-bond donors (Lipinski definition) is 2. The fraction of sp³-hybridized carbons (Fsp3) is 0.500. The van der Waals surface area contributed by atoms with Crippen LogP contribution in [0, 0.1) is 18.7 Å². The average Bonchev–Trinajstić information content (AvgIpc) is 2.35. The van der Waals surface area contributed by atoms with Crippen LogP contribution in [0.2, 0.25) is 0 Å². The number of benzene rings is 1. The van der Waals surface area contributed by atoms with Gasteiger partial charge in [0.05, 0.1) is 0 Å². The highest BCUT2D eigenvalue weighted by atomic mass is 19.1. The summed E-state index contributed by atoms with van der Waals surface area (Å²) in [5.41, 5.74) is 0.940. The lowest BCUT2D eigenvalue weighted by atomic mass is 9.94. The molecule has 0 bridgehead atoms. The predicted octanol–water partition coefficient (Wildman–Crippen LogP) is 1.86. The highest BCUT2D eigenvalue weighted by molar-refractivity contribution is 5.94. The number of halogens is 1. The van der Waals surface area contributed by atoms with E-state index in [1.807, 2.05) is 0 Å². The van der Waals surface area contributed by atoms with Gasteiger partial charge in [-0.3, -0.25) is 4.79 Å². The lowest BCUT2D eigenvalue weighted by Crippen LogP contribution is -2.50. The van der Waals surface area contributed by atoms with Gasteiger partial charge in [-0.2, -0.15) is 0 Å². The van der Waals surface area contributed by atoms with Crippen LogP contribution in [0.5, 0.6) is 0 Å². The molecule has 0 aliphatic carbocycles. The van der Waals surface area contributed by atoms with E-state index in [9.17, 15) is 9.18 Å². The first-order chi connectivity index (χ1) is 8.58. The van der Waals surface area contributed by atoms with Gasteiger partial charge in [-0.15, -0.1) is 0 Å². The van der Waals surface area contributed by atoms with Gasteiger partial charge >= 0.3 is 0 Å². The molecule has 1 amide bonds. The van der Waals surface area contributed by atoms with Crippen molar-refractivity contribution in [3.63, 3.8) is 0 Å². The van der Waals surface area contributed by atoms with Crippen LogP contribution < -0.4 is 10.6 Å². The summed E-state index contributed by atoms with van der Waals surface area (Å²) in [4.78, 5) is 12.0. The molecule has 98 valence electrons. The number of nitrogens with one attached hydrogen (secondary N) is 2. The van der Waals surface area contributed by atoms with Crippen molar-refractivity contribution >= 4 is 5.91 Å². The van der Waals surface area contributed by atoms with Crippen LogP contribution in [0.1, 0.15) is 29.3 Å². The minimum absolute atomic E-state index is 0.121. The highest BCUT2D eigenvalue weighted by Crippen LogP contribution is 2.13. The molecule has 2 N–H and O–H groups in total. The van der Waals surface area contributed by atoms with Crippen molar-refractivity contribution in [3.8, 4) is 0 Å². The Morgan fingerprint density at radius 3 is 2.94 bits per heavy atom. The molecule has 1 aliphatic heterocycles. The summed E-state index contributed by atoms with van der Waals surface area (Å²) in [6.45, 7) is 5.58. The predicted molar refractivity (Wildman–Crippen MR) is 69.0 cm³/mol. The Kier molecular flexibility index (Phi) is 3.97. The molecule has 4 heteroatoms. The van der Waals surface area contributed by atoms with Crippen LogP contribution in [0.3, 0.4) is 0 Å². The molecule has 1 saturated heterocycles. The fourth-order valence-corrected chi connectivity index (χ4v) is 2.17. The third-order valence-corrected chi connectivity index (χ3v) is 3.58. The first-order valence-corrected chi connectivity index (χ1v) is 6.35. The van der Waals surface area contributed by atoms with Crippen LogP contribution in [0.15, 0.2) is 18.2 Å². The third-order valence-electron chi connectivity index (χ3n) is 3.58. The Morgan fingerprint density at radius 1 is 1.50 bits per heavy atom. The molecule has 0 saturated carbocycles. The topological polar surface area (TPSA) is 41.1 Å². The molecule has 2 rings (SSSR count). The summed E-state index contributed by atoms with van der Waals surface area (Å²) < 4.78 is 13.4. The minimum atomic E-state index is -0.336. The van der Waals surface area contributed by atoms with Crippen LogP contribution >= 0.6 is 0 Å². The number of carbonyl (C=O) groups is 1. The van der Waals surface area contributed by atoms with Gasteiger partial charge in [0, 0.05) is 18.2 Å². The number of carbonyl (C=O) groups excluding carboxylic acids is 1. The highest BCUT2D eigenvalue weighted by Gasteiger charge is 2.23. The first-order valence-electron chi connectivity index (χ1n) is 6.35. The Labute approximate surface area is 107 Å². The van der Waals surface area contributed by atoms with Crippen molar-refractivity contribution < 1.29 is 9.18 Å². The summed E-state index contributed by atoms with van der Waals surface area (Å²) in [6.07, 6.45) is 1.05. The molecular weight excluding hydrogens is 231 g/mol. The smallest absolute Gasteiger partial charge is 0.251 e. The van der Waals surface area contributed by atoms with Gasteiger partial charge in [-0.25, -0.2) is 4.39 Å². The monoisotopic (exact) mass is 250 g/mol. The second-order valence-electron chi connectivity index (χ2n) is 5.01. The maximum atomic E-state index is 13.4. The molecule has 0 unspecified atom stereocenters. The maximum absolute atomic E-state index is 13.4. The van der Waals surface area contributed by atoms with Crippen molar-refractivity contribution in [3.05, 3.63) is 35.1 Å². The first kappa shape index (κ1) is 13.0. The van der Waals surface area contributed by atoms with E-state index >= 15 is 0 Å². The van der Waals surface area contributed by atoms with Gasteiger partial charge in [0.1, 0.15) is 5.82 Å². The van der Waals surface area contributed by atoms with Gasteiger partial charge in [-0.05, 0) is 43.5 Å². The standard InChI is InChI=1S/C14H19FN2O/c1-9-3-4-11(7-12(9)15)14(18)17-13-8-16-6-5-10(13)2/h3-4,7,10,13,16H,5-6,8H2,1-2H3,(H,17,18)/t10-,13+/m0/s1. The van der Waals surface area contributed by atoms with Gasteiger partial charge in [0.15, 0.2) is 0 Å². The second kappa shape index (κ2) is 5.48. The van der Waals surface area contributed by atoms with Crippen molar-refractivity contribution in [2.75, 3.05) is 13.1 Å². The number of aryl methyl sites for hydroxylation is 1. The maximum Gasteiger partial charge on any atom is 0.251 e. The summed E-state index contributed by atoms with van der Waals surface area (Å²) >= 11 is 0. The van der Waals surface area contributed by atoms with E-state index < -0.39 is 0 Å². The van der Waals surface area contributed by atoms with E-state index in [0.29, 0.717) is 17.0 Å². The largest absolute Gasteiger partial charge is 0.348 e. The second-order valence-corrected chi connectivity index (χ2v) is 5.01. The van der Waals surface area contributed by atoms with Crippen LogP contribution in [0.25, 0.3) is 0 Å². The molecule has 2 atom stereocenters. The average molecular weight is 250 g/mol. The van der Waals surface area contributed by atoms with Crippen molar-refractivity contribution in [1.82, 2.24) is 10.6 Å². The Hall–Kier alpha value is -1.42. The van der Waals surface area contributed by atoms with Crippen molar-refractivity contribution in [2.24, 2.45) is 5.92 Å². The molecule has 0 radical (unpaired) electrons. The lowest BCUT2D eigenvalue weighted by molar-refractivity contribution is 0.0915. The SMILES string of the molecule is Cc1ccc(C(=O)N[C@@H]2CNCC[C@@H]2C)cc1F. The van der Waals surface area contributed by atoms with E-state index in [0.717, 1.165) is 19.5 Å². The van der Waals surface area contributed by atoms with Crippen LogP contribution in [-0.4, -0.2) is 25.0 Å². The Balaban J connectivity index is 2.04. The zero-order valence-electron chi connectivity index (χ0n) is 10.8. The quantitative estimate of drug-likeness (QED) is 0.841. The van der Waals surface area contributed by atoms with E-state index in [1.165, 1.54) is 6.07 Å². The van der Waals surface area contributed by atoms with Gasteiger partial charge in [0.25, 0.3) is 5.91 Å². The van der Waals surface area contributed by atoms with E-state index in [2.05, 4.69) is 17.6 Å². The molecule has 1 aromatic rings. The van der Waals surface area contributed by atoms with Crippen LogP contribution in [-0.2, 0) is 0 Å². The van der Waals surface area contributed by atoms with E-state index in [-0.39, 0.29) is 17.8 Å². The van der Waals surface area contributed by atoms with Crippen LogP contribution in [0.4, 0.5) is 4.39 Å². The Morgan fingerprint density at radius 2 is 2.28 bits per heavy atom. The molecular formula is C14H19FN2O. The number of piperidine rings is 1. The molecule has 0 aromatic heterocycles. The molecule has 18 heavy (non-hydrogen) atoms. The summed E-state index contributed by atoms with van der Waals surface area (Å²) in [5, 5.41) is 6.22. The molecule has 0 spiro atoms. The van der Waals surface area contributed by atoms with Gasteiger partial charge < -0.3 is 10.6 Å². The zero-order chi connectivity index (χ0) is 13.1. The molecule has 1 aliphatic rings. The fourth-order valence-electron chi connectivity index (χ4n) is 2.17. The van der Waals surface area contributed by atoms with Gasteiger partial charge in [0.2, 0.25) is 0 Å². The zero-order valence-corrected chi connectivity index (χ0v) is 10.8. The number of amides is 1. The summed E-state index contributed by atoms with van der Waals surface area (Å²) in [6, 6.07) is 4.71. The van der Waals surface area contributed by atoms with E-state index in [1.54, 1.807) is 19.1 Å². The lowest BCUT2D eigenvalue weighted by Gasteiger charge is -2.30. The minimum Gasteiger partial charge on any atom is -0.348 e. The number of rotatable bonds is 2. The normalized spacial score (nSPS) is 23.7. The van der Waals surface area contributed by atoms with E-state index in [4.69, 9.17) is 0 Å². The molecule has 3 nitrogen and oxygen atoms in total. The third kappa shape index (κ3) is 2.88. The van der Waals surface area contributed by atoms with Gasteiger partial charge in [-0.1, -0.05) is 13.0 Å². The van der Waals surface area contributed by atoms with Crippen molar-refractivity contribution in [1.29, 1.82) is 0 Å². The number of hydrogen-bond acceptors (Lipinski definition) is 2. The molecule has 1 heterocycles. The Bertz CT molecular complexity index is 447. The van der Waals surface area contributed by atoms with Crippen molar-refractivity contribution in [2.45, 2.75) is 26.3 Å².